The molecule has 2 heterocycles. The molecule has 0 fully saturated rings. The molecule has 0 saturated carbocycles. The van der Waals surface area contributed by atoms with Gasteiger partial charge in [0.2, 0.25) is 0 Å². The number of aryl methyl sites for hydroxylation is 2. The quantitative estimate of drug-likeness (QED) is 0.797. The van der Waals surface area contributed by atoms with Crippen LogP contribution in [0.2, 0.25) is 0 Å². The van der Waals surface area contributed by atoms with Crippen molar-refractivity contribution < 1.29 is 9.53 Å². The average molecular weight is 264 g/mol. The Morgan fingerprint density at radius 3 is 3.00 bits per heavy atom. The van der Waals surface area contributed by atoms with E-state index in [-0.39, 0.29) is 5.97 Å². The van der Waals surface area contributed by atoms with Crippen LogP contribution in [0.1, 0.15) is 33.5 Å². The summed E-state index contributed by atoms with van der Waals surface area (Å²) in [5.74, 6) is 0.710. The number of carbonyl (C=O) groups excluding carboxylic acids is 1. The molecule has 2 rings (SSSR count). The molecular formula is C13H16N2O2S. The number of nitrogens with zero attached hydrogens (tertiary/aromatic N) is 2. The molecule has 0 aliphatic heterocycles. The summed E-state index contributed by atoms with van der Waals surface area (Å²) < 4.78 is 6.89. The lowest BCUT2D eigenvalue weighted by molar-refractivity contribution is 0.0605. The summed E-state index contributed by atoms with van der Waals surface area (Å²) in [6, 6.07) is 0. The van der Waals surface area contributed by atoms with E-state index in [2.05, 4.69) is 16.5 Å². The van der Waals surface area contributed by atoms with Gasteiger partial charge in [0.25, 0.3) is 0 Å². The topological polar surface area (TPSA) is 44.1 Å². The molecule has 0 aliphatic rings. The van der Waals surface area contributed by atoms with Crippen LogP contribution in [0.5, 0.6) is 0 Å². The maximum Gasteiger partial charge on any atom is 0.348 e. The van der Waals surface area contributed by atoms with Crippen LogP contribution in [-0.4, -0.2) is 22.6 Å². The van der Waals surface area contributed by atoms with Gasteiger partial charge in [-0.05, 0) is 30.4 Å². The van der Waals surface area contributed by atoms with Crippen LogP contribution >= 0.6 is 11.3 Å². The minimum atomic E-state index is -0.266. The Morgan fingerprint density at radius 2 is 2.33 bits per heavy atom. The van der Waals surface area contributed by atoms with Crippen molar-refractivity contribution in [2.24, 2.45) is 0 Å². The van der Waals surface area contributed by atoms with E-state index in [9.17, 15) is 4.79 Å². The van der Waals surface area contributed by atoms with E-state index < -0.39 is 0 Å². The second kappa shape index (κ2) is 5.35. The summed E-state index contributed by atoms with van der Waals surface area (Å²) in [4.78, 5) is 16.7. The van der Waals surface area contributed by atoms with Gasteiger partial charge in [-0.2, -0.15) is 0 Å². The minimum absolute atomic E-state index is 0.266. The van der Waals surface area contributed by atoms with Gasteiger partial charge >= 0.3 is 5.97 Å². The van der Waals surface area contributed by atoms with Gasteiger partial charge in [0.05, 0.1) is 7.11 Å². The standard InChI is InChI=1S/C13H16N2O2S/c1-4-15-6-5-14-11(15)7-10-9(2)8-18-12(10)13(16)17-3/h5-6,8H,4,7H2,1-3H3. The van der Waals surface area contributed by atoms with Gasteiger partial charge in [0, 0.05) is 25.4 Å². The predicted molar refractivity (Wildman–Crippen MR) is 71.1 cm³/mol. The maximum atomic E-state index is 11.7. The SMILES string of the molecule is CCn1ccnc1Cc1c(C)csc1C(=O)OC. The zero-order chi connectivity index (χ0) is 13.1. The second-order valence-electron chi connectivity index (χ2n) is 4.02. The molecule has 2 aromatic rings. The smallest absolute Gasteiger partial charge is 0.348 e. The summed E-state index contributed by atoms with van der Waals surface area (Å²) in [6.45, 7) is 4.97. The number of aromatic nitrogens is 2. The Labute approximate surface area is 110 Å². The number of thiophene rings is 1. The first-order chi connectivity index (χ1) is 8.67. The first kappa shape index (κ1) is 12.8. The fourth-order valence-electron chi connectivity index (χ4n) is 1.91. The highest BCUT2D eigenvalue weighted by molar-refractivity contribution is 7.12. The first-order valence-corrected chi connectivity index (χ1v) is 6.70. The number of ether oxygens (including phenoxy) is 1. The van der Waals surface area contributed by atoms with E-state index in [4.69, 9.17) is 4.74 Å². The van der Waals surface area contributed by atoms with Crippen molar-refractivity contribution in [1.29, 1.82) is 0 Å². The van der Waals surface area contributed by atoms with Crippen molar-refractivity contribution in [1.82, 2.24) is 9.55 Å². The van der Waals surface area contributed by atoms with Crippen molar-refractivity contribution in [3.05, 3.63) is 39.6 Å². The van der Waals surface area contributed by atoms with Gasteiger partial charge in [-0.3, -0.25) is 0 Å². The Hall–Kier alpha value is -1.62. The van der Waals surface area contributed by atoms with Crippen LogP contribution in [0.15, 0.2) is 17.8 Å². The van der Waals surface area contributed by atoms with Crippen LogP contribution in [0.3, 0.4) is 0 Å². The molecule has 0 spiro atoms. The number of hydrogen-bond donors (Lipinski definition) is 0. The van der Waals surface area contributed by atoms with Crippen molar-refractivity contribution in [2.45, 2.75) is 26.8 Å². The highest BCUT2D eigenvalue weighted by Crippen LogP contribution is 2.25. The van der Waals surface area contributed by atoms with Crippen molar-refractivity contribution in [3.63, 3.8) is 0 Å². The van der Waals surface area contributed by atoms with Gasteiger partial charge in [0.1, 0.15) is 10.7 Å². The summed E-state index contributed by atoms with van der Waals surface area (Å²) in [5.41, 5.74) is 2.14. The Bertz CT molecular complexity index is 557. The highest BCUT2D eigenvalue weighted by atomic mass is 32.1. The molecule has 0 atom stereocenters. The normalized spacial score (nSPS) is 10.6. The molecule has 96 valence electrons. The molecule has 0 aliphatic carbocycles. The van der Waals surface area contributed by atoms with Gasteiger partial charge in [-0.25, -0.2) is 9.78 Å². The van der Waals surface area contributed by atoms with E-state index >= 15 is 0 Å². The molecular weight excluding hydrogens is 248 g/mol. The van der Waals surface area contributed by atoms with Crippen molar-refractivity contribution in [2.75, 3.05) is 7.11 Å². The Kier molecular flexibility index (Phi) is 3.81. The van der Waals surface area contributed by atoms with Crippen LogP contribution in [0.4, 0.5) is 0 Å². The summed E-state index contributed by atoms with van der Waals surface area (Å²) in [5, 5.41) is 1.99. The van der Waals surface area contributed by atoms with Crippen molar-refractivity contribution in [3.8, 4) is 0 Å². The number of imidazole rings is 1. The van der Waals surface area contributed by atoms with E-state index in [1.54, 1.807) is 6.20 Å². The Balaban J connectivity index is 2.34. The van der Waals surface area contributed by atoms with Crippen LogP contribution in [0.25, 0.3) is 0 Å². The predicted octanol–water partition coefficient (Wildman–Crippen LogP) is 2.65. The number of rotatable bonds is 4. The van der Waals surface area contributed by atoms with E-state index in [0.717, 1.165) is 23.5 Å². The third kappa shape index (κ3) is 2.31. The van der Waals surface area contributed by atoms with E-state index in [1.165, 1.54) is 18.4 Å². The van der Waals surface area contributed by atoms with Crippen LogP contribution in [0, 0.1) is 6.92 Å². The molecule has 0 aromatic carbocycles. The lowest BCUT2D eigenvalue weighted by Gasteiger charge is -2.06. The van der Waals surface area contributed by atoms with Crippen molar-refractivity contribution >= 4 is 17.3 Å². The van der Waals surface area contributed by atoms with E-state index in [0.29, 0.717) is 11.3 Å². The third-order valence-corrected chi connectivity index (χ3v) is 4.07. The second-order valence-corrected chi connectivity index (χ2v) is 4.90. The van der Waals surface area contributed by atoms with Crippen LogP contribution < -0.4 is 0 Å². The zero-order valence-electron chi connectivity index (χ0n) is 10.8. The number of esters is 1. The third-order valence-electron chi connectivity index (χ3n) is 2.95. The molecule has 18 heavy (non-hydrogen) atoms. The molecule has 0 bridgehead atoms. The van der Waals surface area contributed by atoms with Gasteiger partial charge in [-0.15, -0.1) is 11.3 Å². The van der Waals surface area contributed by atoms with Gasteiger partial charge < -0.3 is 9.30 Å². The summed E-state index contributed by atoms with van der Waals surface area (Å²) in [7, 11) is 1.41. The molecule has 5 heteroatoms. The summed E-state index contributed by atoms with van der Waals surface area (Å²) >= 11 is 1.43. The molecule has 0 radical (unpaired) electrons. The van der Waals surface area contributed by atoms with Crippen LogP contribution in [-0.2, 0) is 17.7 Å². The monoisotopic (exact) mass is 264 g/mol. The lowest BCUT2D eigenvalue weighted by Crippen LogP contribution is -2.07. The fourth-order valence-corrected chi connectivity index (χ4v) is 2.90. The molecule has 0 N–H and O–H groups in total. The Morgan fingerprint density at radius 1 is 1.56 bits per heavy atom. The molecule has 0 saturated heterocycles. The minimum Gasteiger partial charge on any atom is -0.465 e. The fraction of sp³-hybridized carbons (Fsp3) is 0.385. The zero-order valence-corrected chi connectivity index (χ0v) is 11.6. The summed E-state index contributed by atoms with van der Waals surface area (Å²) in [6.07, 6.45) is 4.41. The van der Waals surface area contributed by atoms with Gasteiger partial charge in [-0.1, -0.05) is 0 Å². The maximum absolute atomic E-state index is 11.7. The highest BCUT2D eigenvalue weighted by Gasteiger charge is 2.18. The molecule has 2 aromatic heterocycles. The van der Waals surface area contributed by atoms with Gasteiger partial charge in [0.15, 0.2) is 0 Å². The number of carbonyl (C=O) groups is 1. The average Bonchev–Trinajstić information content (AvgIpc) is 2.97. The van der Waals surface area contributed by atoms with E-state index in [1.807, 2.05) is 18.5 Å². The number of methoxy groups -OCH3 is 1. The first-order valence-electron chi connectivity index (χ1n) is 5.82. The number of hydrogen-bond acceptors (Lipinski definition) is 4. The molecule has 0 amide bonds. The largest absolute Gasteiger partial charge is 0.465 e. The molecule has 0 unspecified atom stereocenters. The lowest BCUT2D eigenvalue weighted by atomic mass is 10.1. The molecule has 4 nitrogen and oxygen atoms in total.